The molecule has 11 heteroatoms. The molecule has 176 valence electrons. The van der Waals surface area contributed by atoms with E-state index in [0.717, 1.165) is 5.56 Å². The van der Waals surface area contributed by atoms with Gasteiger partial charge >= 0.3 is 0 Å². The molecule has 1 aliphatic heterocycles. The number of carbonyl (C=O) groups is 1. The number of aromatic nitrogens is 1. The fourth-order valence-electron chi connectivity index (χ4n) is 3.76. The summed E-state index contributed by atoms with van der Waals surface area (Å²) >= 11 is 0. The van der Waals surface area contributed by atoms with Gasteiger partial charge in [-0.2, -0.15) is 9.57 Å². The number of H-pyrrole nitrogens is 1. The van der Waals surface area contributed by atoms with Gasteiger partial charge in [-0.15, -0.1) is 0 Å². The highest BCUT2D eigenvalue weighted by atomic mass is 32.2. The molecule has 2 heterocycles. The Kier molecular flexibility index (Phi) is 7.53. The third-order valence-electron chi connectivity index (χ3n) is 5.56. The number of anilines is 1. The molecule has 10 nitrogen and oxygen atoms in total. The third-order valence-corrected chi connectivity index (χ3v) is 7.48. The Morgan fingerprint density at radius 2 is 2.00 bits per heavy atom. The van der Waals surface area contributed by atoms with Crippen molar-refractivity contribution >= 4 is 21.6 Å². The van der Waals surface area contributed by atoms with Gasteiger partial charge in [0, 0.05) is 30.9 Å². The zero-order valence-corrected chi connectivity index (χ0v) is 19.5. The molecule has 33 heavy (non-hydrogen) atoms. The molecule has 0 aliphatic carbocycles. The number of benzene rings is 1. The van der Waals surface area contributed by atoms with Crippen LogP contribution in [0.2, 0.25) is 0 Å². The van der Waals surface area contributed by atoms with Crippen LogP contribution in [-0.4, -0.2) is 57.0 Å². The quantitative estimate of drug-likeness (QED) is 0.619. The van der Waals surface area contributed by atoms with Crippen LogP contribution in [0.5, 0.6) is 5.75 Å². The van der Waals surface area contributed by atoms with E-state index in [9.17, 15) is 23.3 Å². The second-order valence-electron chi connectivity index (χ2n) is 7.60. The summed E-state index contributed by atoms with van der Waals surface area (Å²) in [5.74, 6) is -0.151. The van der Waals surface area contributed by atoms with Crippen LogP contribution in [0.1, 0.15) is 28.8 Å². The molecule has 1 aliphatic rings. The van der Waals surface area contributed by atoms with E-state index in [4.69, 9.17) is 9.47 Å². The topological polar surface area (TPSA) is 142 Å². The van der Waals surface area contributed by atoms with Crippen molar-refractivity contribution in [3.63, 3.8) is 0 Å². The van der Waals surface area contributed by atoms with Crippen molar-refractivity contribution in [2.24, 2.45) is 0 Å². The number of nitrogens with zero attached hydrogens (tertiary/aromatic N) is 2. The van der Waals surface area contributed by atoms with E-state index < -0.39 is 15.6 Å². The Morgan fingerprint density at radius 3 is 2.64 bits per heavy atom. The molecule has 0 atom stereocenters. The van der Waals surface area contributed by atoms with Crippen LogP contribution < -0.4 is 15.6 Å². The molecule has 1 aromatic heterocycles. The van der Waals surface area contributed by atoms with E-state index in [-0.39, 0.29) is 41.6 Å². The van der Waals surface area contributed by atoms with Crippen molar-refractivity contribution in [3.8, 4) is 11.8 Å². The summed E-state index contributed by atoms with van der Waals surface area (Å²) in [6.45, 7) is 4.51. The van der Waals surface area contributed by atoms with Crippen LogP contribution in [0.4, 0.5) is 5.69 Å². The monoisotopic (exact) mass is 474 g/mol. The van der Waals surface area contributed by atoms with Crippen molar-refractivity contribution in [3.05, 3.63) is 50.9 Å². The second kappa shape index (κ2) is 10.2. The number of carbonyl (C=O) groups excluding carboxylic acids is 1. The number of sulfonamides is 1. The number of rotatable bonds is 7. The molecule has 0 unspecified atom stereocenters. The van der Waals surface area contributed by atoms with E-state index in [0.29, 0.717) is 36.6 Å². The van der Waals surface area contributed by atoms with E-state index in [1.165, 1.54) is 23.5 Å². The van der Waals surface area contributed by atoms with Crippen molar-refractivity contribution < 1.29 is 22.7 Å². The van der Waals surface area contributed by atoms with Crippen LogP contribution in [0, 0.1) is 25.2 Å². The number of hydrogen-bond acceptors (Lipinski definition) is 7. The smallest absolute Gasteiger partial charge is 0.266 e. The van der Waals surface area contributed by atoms with Crippen LogP contribution >= 0.6 is 0 Å². The number of morpholine rings is 1. The molecule has 1 aromatic carbocycles. The molecule has 1 fully saturated rings. The van der Waals surface area contributed by atoms with Crippen molar-refractivity contribution in [1.82, 2.24) is 9.29 Å². The highest BCUT2D eigenvalue weighted by molar-refractivity contribution is 7.89. The molecule has 0 spiro atoms. The highest BCUT2D eigenvalue weighted by Crippen LogP contribution is 2.30. The lowest BCUT2D eigenvalue weighted by Gasteiger charge is -2.26. The van der Waals surface area contributed by atoms with Crippen LogP contribution in [-0.2, 0) is 26.0 Å². The molecule has 0 radical (unpaired) electrons. The van der Waals surface area contributed by atoms with Gasteiger partial charge in [-0.3, -0.25) is 9.59 Å². The minimum atomic E-state index is -3.83. The number of nitrogens with one attached hydrogen (secondary N) is 2. The Bertz CT molecular complexity index is 1260. The SMILES string of the molecule is COc1ccc(NC(=O)CCc2c(C)[nH]c(=O)c(C#N)c2C)cc1S(=O)(=O)N1CCOCC1. The number of amides is 1. The van der Waals surface area contributed by atoms with Crippen LogP contribution in [0.3, 0.4) is 0 Å². The van der Waals surface area contributed by atoms with Crippen molar-refractivity contribution in [2.45, 2.75) is 31.6 Å². The van der Waals surface area contributed by atoms with Gasteiger partial charge in [-0.05, 0) is 49.6 Å². The second-order valence-corrected chi connectivity index (χ2v) is 9.51. The minimum Gasteiger partial charge on any atom is -0.495 e. The number of ether oxygens (including phenoxy) is 2. The first-order valence-electron chi connectivity index (χ1n) is 10.4. The van der Waals surface area contributed by atoms with Gasteiger partial charge in [0.15, 0.2) is 0 Å². The van der Waals surface area contributed by atoms with E-state index in [1.54, 1.807) is 19.9 Å². The summed E-state index contributed by atoms with van der Waals surface area (Å²) in [6.07, 6.45) is 0.389. The first-order chi connectivity index (χ1) is 15.7. The summed E-state index contributed by atoms with van der Waals surface area (Å²) in [7, 11) is -2.44. The van der Waals surface area contributed by atoms with E-state index >= 15 is 0 Å². The summed E-state index contributed by atoms with van der Waals surface area (Å²) in [4.78, 5) is 27.1. The lowest BCUT2D eigenvalue weighted by Crippen LogP contribution is -2.40. The van der Waals surface area contributed by atoms with Crippen molar-refractivity contribution in [2.75, 3.05) is 38.7 Å². The molecule has 2 aromatic rings. The standard InChI is InChI=1S/C22H26N4O6S/c1-14-17(15(2)24-22(28)18(14)13-23)5-7-21(27)25-16-4-6-19(31-3)20(12-16)33(29,30)26-8-10-32-11-9-26/h4,6,12H,5,7-11H2,1-3H3,(H,24,28)(H,25,27). The van der Waals surface area contributed by atoms with Gasteiger partial charge in [-0.25, -0.2) is 8.42 Å². The number of aryl methyl sites for hydroxylation is 1. The predicted molar refractivity (Wildman–Crippen MR) is 121 cm³/mol. The largest absolute Gasteiger partial charge is 0.495 e. The summed E-state index contributed by atoms with van der Waals surface area (Å²) in [6, 6.07) is 6.34. The van der Waals surface area contributed by atoms with E-state index in [2.05, 4.69) is 10.3 Å². The number of hydrogen-bond donors (Lipinski definition) is 2. The maximum absolute atomic E-state index is 13.1. The lowest BCUT2D eigenvalue weighted by atomic mass is 9.99. The third kappa shape index (κ3) is 5.24. The molecular weight excluding hydrogens is 448 g/mol. The fraction of sp³-hybridized carbons (Fsp3) is 0.409. The Morgan fingerprint density at radius 1 is 1.30 bits per heavy atom. The molecule has 3 rings (SSSR count). The van der Waals surface area contributed by atoms with Gasteiger partial charge in [0.1, 0.15) is 22.3 Å². The zero-order valence-electron chi connectivity index (χ0n) is 18.7. The van der Waals surface area contributed by atoms with Crippen LogP contribution in [0.25, 0.3) is 0 Å². The number of methoxy groups -OCH3 is 1. The Hall–Kier alpha value is -3.20. The van der Waals surface area contributed by atoms with Gasteiger partial charge in [0.25, 0.3) is 5.56 Å². The summed E-state index contributed by atoms with van der Waals surface area (Å²) < 4.78 is 38.0. The average molecular weight is 475 g/mol. The van der Waals surface area contributed by atoms with Gasteiger partial charge in [-0.1, -0.05) is 0 Å². The minimum absolute atomic E-state index is 0.0316. The zero-order chi connectivity index (χ0) is 24.2. The maximum Gasteiger partial charge on any atom is 0.266 e. The average Bonchev–Trinajstić information content (AvgIpc) is 2.79. The maximum atomic E-state index is 13.1. The van der Waals surface area contributed by atoms with Gasteiger partial charge < -0.3 is 19.8 Å². The fourth-order valence-corrected chi connectivity index (χ4v) is 5.35. The normalized spacial score (nSPS) is 14.5. The number of pyridine rings is 1. The Balaban J connectivity index is 1.78. The summed E-state index contributed by atoms with van der Waals surface area (Å²) in [5.41, 5.74) is 1.78. The molecular formula is C22H26N4O6S. The predicted octanol–water partition coefficient (Wildman–Crippen LogP) is 1.46. The highest BCUT2D eigenvalue weighted by Gasteiger charge is 2.29. The molecule has 2 N–H and O–H groups in total. The van der Waals surface area contributed by atoms with Gasteiger partial charge in [0.2, 0.25) is 15.9 Å². The summed E-state index contributed by atoms with van der Waals surface area (Å²) in [5, 5.41) is 11.9. The lowest BCUT2D eigenvalue weighted by molar-refractivity contribution is -0.116. The van der Waals surface area contributed by atoms with Crippen LogP contribution in [0.15, 0.2) is 27.9 Å². The molecule has 1 saturated heterocycles. The number of aromatic amines is 1. The molecule has 0 bridgehead atoms. The van der Waals surface area contributed by atoms with Gasteiger partial charge in [0.05, 0.1) is 20.3 Å². The molecule has 1 amide bonds. The first-order valence-corrected chi connectivity index (χ1v) is 11.8. The molecule has 0 saturated carbocycles. The Labute approximate surface area is 192 Å². The van der Waals surface area contributed by atoms with E-state index in [1.807, 2.05) is 6.07 Å². The first kappa shape index (κ1) is 24.4. The van der Waals surface area contributed by atoms with Crippen molar-refractivity contribution in [1.29, 1.82) is 5.26 Å². The number of nitriles is 1.